The van der Waals surface area contributed by atoms with Crippen molar-refractivity contribution in [2.75, 3.05) is 19.0 Å². The molecule has 1 N–H and O–H groups in total. The molecule has 0 spiro atoms. The average molecular weight is 336 g/mol. The molecule has 0 aliphatic carbocycles. The van der Waals surface area contributed by atoms with E-state index < -0.39 is 0 Å². The van der Waals surface area contributed by atoms with Gasteiger partial charge in [-0.1, -0.05) is 34.1 Å². The van der Waals surface area contributed by atoms with Crippen LogP contribution in [0, 0.1) is 0 Å². The van der Waals surface area contributed by atoms with E-state index in [2.05, 4.69) is 21.2 Å². The fraction of sp³-hybridized carbons (Fsp3) is 0.133. The molecule has 20 heavy (non-hydrogen) atoms. The van der Waals surface area contributed by atoms with E-state index in [-0.39, 0.29) is 12.5 Å². The molecule has 5 heteroatoms. The van der Waals surface area contributed by atoms with Crippen LogP contribution >= 0.6 is 15.9 Å². The van der Waals surface area contributed by atoms with Crippen molar-refractivity contribution in [3.63, 3.8) is 0 Å². The smallest absolute Gasteiger partial charge is 0.262 e. The number of para-hydroxylation sites is 2. The third-order valence-corrected chi connectivity index (χ3v) is 3.04. The summed E-state index contributed by atoms with van der Waals surface area (Å²) in [6.07, 6.45) is 0. The van der Waals surface area contributed by atoms with E-state index >= 15 is 0 Å². The number of methoxy groups -OCH3 is 1. The second-order valence-electron chi connectivity index (χ2n) is 3.99. The summed E-state index contributed by atoms with van der Waals surface area (Å²) in [5.41, 5.74) is 0.623. The lowest BCUT2D eigenvalue weighted by molar-refractivity contribution is -0.118. The number of halogens is 1. The molecule has 0 saturated heterocycles. The zero-order valence-electron chi connectivity index (χ0n) is 10.9. The van der Waals surface area contributed by atoms with Gasteiger partial charge in [0.05, 0.1) is 12.8 Å². The molecule has 0 heterocycles. The predicted octanol–water partition coefficient (Wildman–Crippen LogP) is 3.48. The van der Waals surface area contributed by atoms with E-state index in [0.717, 1.165) is 4.47 Å². The van der Waals surface area contributed by atoms with Gasteiger partial charge in [-0.2, -0.15) is 0 Å². The number of carbonyl (C=O) groups is 1. The highest BCUT2D eigenvalue weighted by Gasteiger charge is 2.07. The number of rotatable bonds is 5. The van der Waals surface area contributed by atoms with Crippen LogP contribution < -0.4 is 14.8 Å². The van der Waals surface area contributed by atoms with Crippen molar-refractivity contribution >= 4 is 27.5 Å². The molecule has 2 rings (SSSR count). The Kier molecular flexibility index (Phi) is 5.01. The van der Waals surface area contributed by atoms with Crippen molar-refractivity contribution in [3.05, 3.63) is 53.0 Å². The van der Waals surface area contributed by atoms with Crippen LogP contribution in [-0.4, -0.2) is 19.6 Å². The first-order valence-electron chi connectivity index (χ1n) is 6.00. The highest BCUT2D eigenvalue weighted by Crippen LogP contribution is 2.23. The topological polar surface area (TPSA) is 47.6 Å². The molecule has 0 aliphatic rings. The maximum atomic E-state index is 11.8. The monoisotopic (exact) mass is 335 g/mol. The summed E-state index contributed by atoms with van der Waals surface area (Å²) in [5.74, 6) is 1.01. The van der Waals surface area contributed by atoms with Crippen LogP contribution in [-0.2, 0) is 4.79 Å². The summed E-state index contributed by atoms with van der Waals surface area (Å²) >= 11 is 3.34. The molecule has 0 atom stereocenters. The second-order valence-corrected chi connectivity index (χ2v) is 4.91. The first-order valence-corrected chi connectivity index (χ1v) is 6.79. The molecular weight excluding hydrogens is 322 g/mol. The van der Waals surface area contributed by atoms with Crippen molar-refractivity contribution in [2.24, 2.45) is 0 Å². The van der Waals surface area contributed by atoms with Crippen molar-refractivity contribution < 1.29 is 14.3 Å². The molecule has 0 bridgehead atoms. The lowest BCUT2D eigenvalue weighted by atomic mass is 10.3. The van der Waals surface area contributed by atoms with Gasteiger partial charge >= 0.3 is 0 Å². The largest absolute Gasteiger partial charge is 0.495 e. The summed E-state index contributed by atoms with van der Waals surface area (Å²) in [7, 11) is 1.56. The third kappa shape index (κ3) is 3.99. The van der Waals surface area contributed by atoms with Crippen molar-refractivity contribution in [1.82, 2.24) is 0 Å². The third-order valence-electron chi connectivity index (χ3n) is 2.55. The van der Waals surface area contributed by atoms with Crippen molar-refractivity contribution in [3.8, 4) is 11.5 Å². The number of anilines is 1. The van der Waals surface area contributed by atoms with Gasteiger partial charge in [-0.15, -0.1) is 0 Å². The van der Waals surface area contributed by atoms with Crippen LogP contribution in [0.5, 0.6) is 11.5 Å². The molecule has 104 valence electrons. The first kappa shape index (κ1) is 14.4. The fourth-order valence-corrected chi connectivity index (χ4v) is 2.02. The zero-order valence-corrected chi connectivity index (χ0v) is 12.5. The van der Waals surface area contributed by atoms with Crippen LogP contribution in [0.15, 0.2) is 53.0 Å². The summed E-state index contributed by atoms with van der Waals surface area (Å²) in [4.78, 5) is 11.8. The van der Waals surface area contributed by atoms with E-state index in [1.807, 2.05) is 24.3 Å². The summed E-state index contributed by atoms with van der Waals surface area (Å²) < 4.78 is 11.5. The number of nitrogens with one attached hydrogen (secondary N) is 1. The Morgan fingerprint density at radius 2 is 2.00 bits per heavy atom. The van der Waals surface area contributed by atoms with Gasteiger partial charge in [-0.05, 0) is 30.3 Å². The number of hydrogen-bond acceptors (Lipinski definition) is 3. The predicted molar refractivity (Wildman–Crippen MR) is 81.3 cm³/mol. The molecule has 0 fully saturated rings. The Bertz CT molecular complexity index is 601. The molecule has 4 nitrogen and oxygen atoms in total. The van der Waals surface area contributed by atoms with Gasteiger partial charge in [0.25, 0.3) is 5.91 Å². The van der Waals surface area contributed by atoms with E-state index in [9.17, 15) is 4.79 Å². The number of amides is 1. The van der Waals surface area contributed by atoms with E-state index in [1.54, 1.807) is 31.4 Å². The maximum absolute atomic E-state index is 11.8. The Labute approximate surface area is 125 Å². The second kappa shape index (κ2) is 6.96. The standard InChI is InChI=1S/C15H14BrNO3/c1-19-14-8-3-2-7-13(14)17-15(18)10-20-12-6-4-5-11(16)9-12/h2-9H,10H2,1H3,(H,17,18). The first-order chi connectivity index (χ1) is 9.69. The Morgan fingerprint density at radius 3 is 2.75 bits per heavy atom. The van der Waals surface area contributed by atoms with Gasteiger partial charge in [-0.25, -0.2) is 0 Å². The number of ether oxygens (including phenoxy) is 2. The molecule has 2 aromatic carbocycles. The summed E-state index contributed by atoms with van der Waals surface area (Å²) in [6.45, 7) is -0.0610. The van der Waals surface area contributed by atoms with Crippen LogP contribution in [0.3, 0.4) is 0 Å². The van der Waals surface area contributed by atoms with E-state index in [4.69, 9.17) is 9.47 Å². The minimum atomic E-state index is -0.241. The van der Waals surface area contributed by atoms with Gasteiger partial charge in [0.15, 0.2) is 6.61 Å². The van der Waals surface area contributed by atoms with Crippen LogP contribution in [0.25, 0.3) is 0 Å². The minimum Gasteiger partial charge on any atom is -0.495 e. The molecule has 0 saturated carbocycles. The van der Waals surface area contributed by atoms with Crippen molar-refractivity contribution in [1.29, 1.82) is 0 Å². The quantitative estimate of drug-likeness (QED) is 0.909. The summed E-state index contributed by atoms with van der Waals surface area (Å²) in [5, 5.41) is 2.75. The Balaban J connectivity index is 1.93. The molecule has 1 amide bonds. The van der Waals surface area contributed by atoms with Crippen LogP contribution in [0.1, 0.15) is 0 Å². The highest BCUT2D eigenvalue weighted by atomic mass is 79.9. The Morgan fingerprint density at radius 1 is 1.20 bits per heavy atom. The highest BCUT2D eigenvalue weighted by molar-refractivity contribution is 9.10. The normalized spacial score (nSPS) is 9.90. The fourth-order valence-electron chi connectivity index (χ4n) is 1.64. The van der Waals surface area contributed by atoms with Gasteiger partial charge in [-0.3, -0.25) is 4.79 Å². The molecule has 2 aromatic rings. The lowest BCUT2D eigenvalue weighted by Crippen LogP contribution is -2.20. The van der Waals surface area contributed by atoms with Crippen LogP contribution in [0.4, 0.5) is 5.69 Å². The molecule has 0 unspecified atom stereocenters. The summed E-state index contributed by atoms with van der Waals surface area (Å²) in [6, 6.07) is 14.6. The van der Waals surface area contributed by atoms with Crippen molar-refractivity contribution in [2.45, 2.75) is 0 Å². The van der Waals surface area contributed by atoms with Gasteiger partial charge in [0, 0.05) is 4.47 Å². The number of hydrogen-bond donors (Lipinski definition) is 1. The van der Waals surface area contributed by atoms with Gasteiger partial charge < -0.3 is 14.8 Å². The minimum absolute atomic E-state index is 0.0610. The van der Waals surface area contributed by atoms with Gasteiger partial charge in [0.1, 0.15) is 11.5 Å². The average Bonchev–Trinajstić information content (AvgIpc) is 2.46. The van der Waals surface area contributed by atoms with E-state index in [0.29, 0.717) is 17.2 Å². The Hall–Kier alpha value is -2.01. The molecule has 0 radical (unpaired) electrons. The maximum Gasteiger partial charge on any atom is 0.262 e. The number of benzene rings is 2. The van der Waals surface area contributed by atoms with Gasteiger partial charge in [0.2, 0.25) is 0 Å². The van der Waals surface area contributed by atoms with E-state index in [1.165, 1.54) is 0 Å². The molecule has 0 aromatic heterocycles. The SMILES string of the molecule is COc1ccccc1NC(=O)COc1cccc(Br)c1. The molecule has 0 aliphatic heterocycles. The molecular formula is C15H14BrNO3. The number of carbonyl (C=O) groups excluding carboxylic acids is 1. The zero-order chi connectivity index (χ0) is 14.4. The van der Waals surface area contributed by atoms with Crippen LogP contribution in [0.2, 0.25) is 0 Å². The lowest BCUT2D eigenvalue weighted by Gasteiger charge is -2.10.